The number of amidine groups is 1. The molecule has 4 rings (SSSR count). The van der Waals surface area contributed by atoms with Crippen molar-refractivity contribution in [1.29, 1.82) is 0 Å². The van der Waals surface area contributed by atoms with E-state index in [1.807, 2.05) is 23.1 Å². The fourth-order valence-corrected chi connectivity index (χ4v) is 4.16. The highest BCUT2D eigenvalue weighted by molar-refractivity contribution is 6.30. The van der Waals surface area contributed by atoms with E-state index in [9.17, 15) is 18.0 Å². The quantitative estimate of drug-likeness (QED) is 0.412. The van der Waals surface area contributed by atoms with E-state index >= 15 is 0 Å². The molecule has 0 bridgehead atoms. The lowest BCUT2D eigenvalue weighted by atomic mass is 10.1. The van der Waals surface area contributed by atoms with Crippen LogP contribution in [0.4, 0.5) is 18.9 Å². The Morgan fingerprint density at radius 2 is 1.73 bits per heavy atom. The zero-order chi connectivity index (χ0) is 26.4. The Bertz CT molecular complexity index is 1310. The van der Waals surface area contributed by atoms with Crippen molar-refractivity contribution < 1.29 is 18.0 Å². The van der Waals surface area contributed by atoms with Gasteiger partial charge in [-0.05, 0) is 72.2 Å². The summed E-state index contributed by atoms with van der Waals surface area (Å²) >= 11 is 6.03. The smallest absolute Gasteiger partial charge is 0.223 e. The third-order valence-electron chi connectivity index (χ3n) is 6.04. The fraction of sp³-hybridized carbons (Fsp3) is 0.214. The van der Waals surface area contributed by atoms with Gasteiger partial charge in [0.2, 0.25) is 5.91 Å². The first-order valence-corrected chi connectivity index (χ1v) is 12.1. The van der Waals surface area contributed by atoms with Gasteiger partial charge in [0, 0.05) is 37.3 Å². The van der Waals surface area contributed by atoms with Crippen LogP contribution in [0.5, 0.6) is 0 Å². The third kappa shape index (κ3) is 6.92. The number of aryl methyl sites for hydroxylation is 1. The summed E-state index contributed by atoms with van der Waals surface area (Å²) in [6.07, 6.45) is 2.37. The van der Waals surface area contributed by atoms with Gasteiger partial charge in [0.25, 0.3) is 0 Å². The molecule has 1 aliphatic rings. The van der Waals surface area contributed by atoms with Crippen LogP contribution in [0.2, 0.25) is 5.02 Å². The number of benzene rings is 3. The van der Waals surface area contributed by atoms with Crippen molar-refractivity contribution in [2.24, 2.45) is 4.99 Å². The second-order valence-electron chi connectivity index (χ2n) is 8.57. The molecule has 0 unspecified atom stereocenters. The molecular weight excluding hydrogens is 501 g/mol. The SMILES string of the molecule is CN=C1CN(C(=O)CCc2ccc(F)c(F)c2)CCN1/C(=C/c1ccc(F)cc1)Nc1ccc(Cl)cc1. The van der Waals surface area contributed by atoms with Crippen LogP contribution in [0.25, 0.3) is 6.08 Å². The number of rotatable bonds is 7. The van der Waals surface area contributed by atoms with Crippen molar-refractivity contribution >= 4 is 35.1 Å². The molecule has 1 N–H and O–H groups in total. The Morgan fingerprint density at radius 1 is 1.00 bits per heavy atom. The van der Waals surface area contributed by atoms with Gasteiger partial charge in [-0.1, -0.05) is 29.8 Å². The average molecular weight is 527 g/mol. The van der Waals surface area contributed by atoms with Crippen molar-refractivity contribution in [1.82, 2.24) is 9.80 Å². The van der Waals surface area contributed by atoms with Crippen molar-refractivity contribution in [3.05, 3.63) is 106 Å². The molecule has 192 valence electrons. The van der Waals surface area contributed by atoms with Crippen molar-refractivity contribution in [2.75, 3.05) is 32.0 Å². The van der Waals surface area contributed by atoms with Crippen molar-refractivity contribution in [3.8, 4) is 0 Å². The maximum Gasteiger partial charge on any atom is 0.223 e. The Morgan fingerprint density at radius 3 is 2.41 bits per heavy atom. The number of anilines is 1. The lowest BCUT2D eigenvalue weighted by molar-refractivity contribution is -0.131. The van der Waals surface area contributed by atoms with E-state index in [0.717, 1.165) is 23.4 Å². The first kappa shape index (κ1) is 26.3. The van der Waals surface area contributed by atoms with Gasteiger partial charge in [0.05, 0.1) is 6.54 Å². The van der Waals surface area contributed by atoms with E-state index < -0.39 is 11.6 Å². The Kier molecular flexibility index (Phi) is 8.50. The lowest BCUT2D eigenvalue weighted by Crippen LogP contribution is -2.52. The number of hydrogen-bond donors (Lipinski definition) is 1. The molecule has 1 fully saturated rings. The topological polar surface area (TPSA) is 47.9 Å². The summed E-state index contributed by atoms with van der Waals surface area (Å²) in [4.78, 5) is 21.0. The Labute approximate surface area is 218 Å². The van der Waals surface area contributed by atoms with Crippen molar-refractivity contribution in [2.45, 2.75) is 12.8 Å². The maximum absolute atomic E-state index is 13.5. The second-order valence-corrected chi connectivity index (χ2v) is 9.00. The number of nitrogens with one attached hydrogen (secondary N) is 1. The van der Waals surface area contributed by atoms with Crippen LogP contribution in [0.3, 0.4) is 0 Å². The summed E-state index contributed by atoms with van der Waals surface area (Å²) in [6, 6.07) is 17.1. The molecule has 0 saturated carbocycles. The van der Waals surface area contributed by atoms with Gasteiger partial charge in [-0.2, -0.15) is 0 Å². The summed E-state index contributed by atoms with van der Waals surface area (Å²) < 4.78 is 40.1. The Balaban J connectivity index is 1.49. The van der Waals surface area contributed by atoms with Gasteiger partial charge < -0.3 is 15.1 Å². The van der Waals surface area contributed by atoms with Crippen LogP contribution in [-0.4, -0.2) is 48.2 Å². The highest BCUT2D eigenvalue weighted by Crippen LogP contribution is 2.22. The maximum atomic E-state index is 13.5. The summed E-state index contributed by atoms with van der Waals surface area (Å²) in [5.74, 6) is -0.874. The predicted octanol–water partition coefficient (Wildman–Crippen LogP) is 5.97. The molecule has 1 heterocycles. The standard InChI is InChI=1S/C28H26ClF3N4O/c1-33-27-18-35(28(37)13-5-19-4-12-24(31)25(32)16-19)14-15-36(27)26(17-20-2-8-22(30)9-3-20)34-23-10-6-21(29)7-11-23/h2-4,6-12,16-17,34H,5,13-15,18H2,1H3/b26-17+,33-27?. The van der Waals surface area contributed by atoms with Gasteiger partial charge in [0.15, 0.2) is 11.6 Å². The zero-order valence-electron chi connectivity index (χ0n) is 20.2. The molecule has 5 nitrogen and oxygen atoms in total. The minimum absolute atomic E-state index is 0.0970. The number of hydrogen-bond acceptors (Lipinski definition) is 3. The minimum Gasteiger partial charge on any atom is -0.342 e. The van der Waals surface area contributed by atoms with Crippen LogP contribution in [-0.2, 0) is 11.2 Å². The Hall–Kier alpha value is -3.78. The van der Waals surface area contributed by atoms with Crippen LogP contribution >= 0.6 is 11.6 Å². The number of carbonyl (C=O) groups excluding carboxylic acids is 1. The molecule has 1 saturated heterocycles. The number of aliphatic imine (C=N–C) groups is 1. The summed E-state index contributed by atoms with van der Waals surface area (Å²) in [7, 11) is 1.66. The minimum atomic E-state index is -0.923. The largest absolute Gasteiger partial charge is 0.342 e. The molecule has 3 aromatic carbocycles. The summed E-state index contributed by atoms with van der Waals surface area (Å²) in [5, 5.41) is 4.00. The van der Waals surface area contributed by atoms with E-state index in [2.05, 4.69) is 10.3 Å². The van der Waals surface area contributed by atoms with E-state index in [-0.39, 0.29) is 24.7 Å². The molecule has 9 heteroatoms. The highest BCUT2D eigenvalue weighted by atomic mass is 35.5. The number of halogens is 4. The zero-order valence-corrected chi connectivity index (χ0v) is 21.0. The number of carbonyl (C=O) groups is 1. The fourth-order valence-electron chi connectivity index (χ4n) is 4.03. The first-order chi connectivity index (χ1) is 17.8. The van der Waals surface area contributed by atoms with Gasteiger partial charge in [-0.3, -0.25) is 9.79 Å². The molecular formula is C28H26ClF3N4O. The van der Waals surface area contributed by atoms with Gasteiger partial charge in [0.1, 0.15) is 17.5 Å². The normalized spacial score (nSPS) is 15.3. The van der Waals surface area contributed by atoms with E-state index in [0.29, 0.717) is 41.8 Å². The molecule has 37 heavy (non-hydrogen) atoms. The molecule has 0 aromatic heterocycles. The van der Waals surface area contributed by atoms with E-state index in [4.69, 9.17) is 11.6 Å². The lowest BCUT2D eigenvalue weighted by Gasteiger charge is -2.38. The highest BCUT2D eigenvalue weighted by Gasteiger charge is 2.27. The van der Waals surface area contributed by atoms with E-state index in [1.165, 1.54) is 18.2 Å². The first-order valence-electron chi connectivity index (χ1n) is 11.8. The molecule has 0 spiro atoms. The van der Waals surface area contributed by atoms with Gasteiger partial charge in [-0.15, -0.1) is 0 Å². The predicted molar refractivity (Wildman–Crippen MR) is 141 cm³/mol. The monoisotopic (exact) mass is 526 g/mol. The molecule has 1 amide bonds. The molecule has 0 atom stereocenters. The van der Waals surface area contributed by atoms with Crippen LogP contribution in [0.15, 0.2) is 77.5 Å². The van der Waals surface area contributed by atoms with Crippen LogP contribution in [0.1, 0.15) is 17.5 Å². The summed E-state index contributed by atoms with van der Waals surface area (Å²) in [6.45, 7) is 1.20. The molecule has 0 radical (unpaired) electrons. The average Bonchev–Trinajstić information content (AvgIpc) is 2.91. The number of piperazine rings is 1. The molecule has 1 aliphatic heterocycles. The molecule has 0 aliphatic carbocycles. The third-order valence-corrected chi connectivity index (χ3v) is 6.29. The second kappa shape index (κ2) is 12.0. The van der Waals surface area contributed by atoms with Crippen molar-refractivity contribution in [3.63, 3.8) is 0 Å². The van der Waals surface area contributed by atoms with Crippen LogP contribution < -0.4 is 5.32 Å². The van der Waals surface area contributed by atoms with Gasteiger partial charge in [-0.25, -0.2) is 13.2 Å². The molecule has 3 aromatic rings. The van der Waals surface area contributed by atoms with E-state index in [1.54, 1.807) is 36.2 Å². The van der Waals surface area contributed by atoms with Crippen LogP contribution in [0, 0.1) is 17.5 Å². The number of nitrogens with zero attached hydrogens (tertiary/aromatic N) is 3. The summed E-state index contributed by atoms with van der Waals surface area (Å²) in [5.41, 5.74) is 2.16. The number of amides is 1. The van der Waals surface area contributed by atoms with Gasteiger partial charge >= 0.3 is 0 Å².